The van der Waals surface area contributed by atoms with Gasteiger partial charge in [-0.15, -0.1) is 0 Å². The van der Waals surface area contributed by atoms with E-state index in [-0.39, 0.29) is 26.2 Å². The molecular formula is C31H46Cl2FNO5. The van der Waals surface area contributed by atoms with Crippen molar-refractivity contribution in [3.8, 4) is 0 Å². The lowest BCUT2D eigenvalue weighted by Gasteiger charge is -2.33. The summed E-state index contributed by atoms with van der Waals surface area (Å²) < 4.78 is 33.0. The van der Waals surface area contributed by atoms with Crippen LogP contribution >= 0.6 is 23.2 Å². The number of benzene rings is 1. The van der Waals surface area contributed by atoms with Gasteiger partial charge < -0.3 is 19.9 Å². The highest BCUT2D eigenvalue weighted by Gasteiger charge is 2.85. The van der Waals surface area contributed by atoms with E-state index in [1.165, 1.54) is 0 Å². The summed E-state index contributed by atoms with van der Waals surface area (Å²) in [5, 5.41) is 0.793. The first kappa shape index (κ1) is 33.1. The fraction of sp³-hybridized carbons (Fsp3) is 0.742. The fourth-order valence-corrected chi connectivity index (χ4v) is 6.16. The molecule has 0 amide bonds. The largest absolute Gasteiger partial charge is 0.464 e. The second-order valence-corrected chi connectivity index (χ2v) is 13.1. The minimum absolute atomic E-state index is 0.0997. The number of alkyl halides is 1. The van der Waals surface area contributed by atoms with E-state index >= 15 is 4.39 Å². The molecule has 2 aliphatic carbocycles. The number of carbonyl (C=O) groups excluding carboxylic acids is 2. The molecule has 0 aliphatic heterocycles. The molecule has 0 saturated heterocycles. The van der Waals surface area contributed by atoms with Gasteiger partial charge >= 0.3 is 11.9 Å². The summed E-state index contributed by atoms with van der Waals surface area (Å²) in [7, 11) is 0. The van der Waals surface area contributed by atoms with Gasteiger partial charge in [0.05, 0.1) is 36.0 Å². The predicted octanol–water partition coefficient (Wildman–Crippen LogP) is 7.45. The van der Waals surface area contributed by atoms with Gasteiger partial charge in [-0.1, -0.05) is 95.5 Å². The molecule has 0 heterocycles. The Morgan fingerprint density at radius 2 is 1.50 bits per heavy atom. The highest BCUT2D eigenvalue weighted by atomic mass is 35.5. The standard InChI is InChI=1S/C31H46Cl2FNO5/c1-20(2)11-7-5-9-15-38-28(36)30(34)23-18-26(40-19-22-13-14-24(32)25(33)17-22)31(35,27(23)30)29(37)39-16-10-6-8-12-21(3)4/h13-14,17,20-21,23,26-27H,5-12,15-16,18-19,35H2,1-4H3/t23-,26-,27+,30-,31+/m1/s1. The summed E-state index contributed by atoms with van der Waals surface area (Å²) in [6.07, 6.45) is 6.77. The van der Waals surface area contributed by atoms with Gasteiger partial charge in [-0.05, 0) is 48.8 Å². The zero-order chi connectivity index (χ0) is 29.5. The Hall–Kier alpha value is -1.41. The lowest BCUT2D eigenvalue weighted by atomic mass is 9.87. The van der Waals surface area contributed by atoms with Crippen molar-refractivity contribution in [2.24, 2.45) is 29.4 Å². The number of carbonyl (C=O) groups is 2. The van der Waals surface area contributed by atoms with Crippen molar-refractivity contribution in [1.82, 2.24) is 0 Å². The van der Waals surface area contributed by atoms with Crippen LogP contribution in [0.4, 0.5) is 4.39 Å². The van der Waals surface area contributed by atoms with E-state index in [0.29, 0.717) is 34.7 Å². The maximum Gasteiger partial charge on any atom is 0.344 e. The number of hydrogen-bond acceptors (Lipinski definition) is 6. The molecule has 9 heteroatoms. The van der Waals surface area contributed by atoms with E-state index in [2.05, 4.69) is 27.7 Å². The normalized spacial score (nSPS) is 27.2. The van der Waals surface area contributed by atoms with Crippen molar-refractivity contribution < 1.29 is 28.2 Å². The summed E-state index contributed by atoms with van der Waals surface area (Å²) >= 11 is 12.1. The molecular weight excluding hydrogens is 556 g/mol. The Kier molecular flexibility index (Phi) is 12.1. The fourth-order valence-electron chi connectivity index (χ4n) is 5.84. The highest BCUT2D eigenvalue weighted by Crippen LogP contribution is 2.67. The van der Waals surface area contributed by atoms with Crippen molar-refractivity contribution in [3.63, 3.8) is 0 Å². The Labute approximate surface area is 248 Å². The van der Waals surface area contributed by atoms with Gasteiger partial charge in [-0.3, -0.25) is 0 Å². The summed E-state index contributed by atoms with van der Waals surface area (Å²) in [6.45, 7) is 9.11. The highest BCUT2D eigenvalue weighted by molar-refractivity contribution is 6.42. The van der Waals surface area contributed by atoms with Crippen LogP contribution in [0.1, 0.15) is 91.0 Å². The van der Waals surface area contributed by atoms with Crippen molar-refractivity contribution in [2.75, 3.05) is 13.2 Å². The van der Waals surface area contributed by atoms with Crippen LogP contribution in [0.25, 0.3) is 0 Å². The molecule has 40 heavy (non-hydrogen) atoms. The van der Waals surface area contributed by atoms with Crippen LogP contribution in [0.3, 0.4) is 0 Å². The first-order valence-electron chi connectivity index (χ1n) is 14.8. The molecule has 0 aromatic heterocycles. The van der Waals surface area contributed by atoms with E-state index in [4.69, 9.17) is 43.1 Å². The first-order chi connectivity index (χ1) is 18.9. The quantitative estimate of drug-likeness (QED) is 0.147. The summed E-state index contributed by atoms with van der Waals surface area (Å²) in [5.41, 5.74) is 3.29. The van der Waals surface area contributed by atoms with Crippen LogP contribution in [0.5, 0.6) is 0 Å². The van der Waals surface area contributed by atoms with Crippen LogP contribution in [-0.4, -0.2) is 42.5 Å². The van der Waals surface area contributed by atoms with E-state index in [1.54, 1.807) is 18.2 Å². The molecule has 0 radical (unpaired) electrons. The van der Waals surface area contributed by atoms with Gasteiger partial charge in [-0.2, -0.15) is 0 Å². The second-order valence-electron chi connectivity index (χ2n) is 12.3. The van der Waals surface area contributed by atoms with E-state index in [9.17, 15) is 9.59 Å². The van der Waals surface area contributed by atoms with Crippen LogP contribution in [0.15, 0.2) is 18.2 Å². The Bertz CT molecular complexity index is 1010. The lowest BCUT2D eigenvalue weighted by Crippen LogP contribution is -2.61. The van der Waals surface area contributed by atoms with E-state index in [0.717, 1.165) is 44.1 Å². The van der Waals surface area contributed by atoms with E-state index < -0.39 is 41.1 Å². The van der Waals surface area contributed by atoms with Crippen molar-refractivity contribution in [1.29, 1.82) is 0 Å². The SMILES string of the molecule is CC(C)CCCCCOC(=O)[C@@]1(N)[C@H]2[C@@H](C[C@H]1OCc1ccc(Cl)c(Cl)c1)[C@]2(F)C(=O)OCCCCCC(C)C. The third kappa shape index (κ3) is 7.90. The zero-order valence-electron chi connectivity index (χ0n) is 24.4. The molecule has 226 valence electrons. The predicted molar refractivity (Wildman–Crippen MR) is 156 cm³/mol. The van der Waals surface area contributed by atoms with Crippen LogP contribution in [0.2, 0.25) is 10.0 Å². The number of rotatable bonds is 17. The van der Waals surface area contributed by atoms with Crippen molar-refractivity contribution in [2.45, 2.75) is 109 Å². The van der Waals surface area contributed by atoms with Gasteiger partial charge in [0.1, 0.15) is 5.54 Å². The smallest absolute Gasteiger partial charge is 0.344 e. The molecule has 1 aromatic rings. The van der Waals surface area contributed by atoms with Crippen LogP contribution in [-0.2, 0) is 30.4 Å². The van der Waals surface area contributed by atoms with Crippen LogP contribution < -0.4 is 5.73 Å². The molecule has 0 unspecified atom stereocenters. The molecule has 2 saturated carbocycles. The third-order valence-electron chi connectivity index (χ3n) is 8.22. The minimum atomic E-state index is -2.31. The Morgan fingerprint density at radius 1 is 0.925 bits per heavy atom. The number of esters is 2. The number of unbranched alkanes of at least 4 members (excludes halogenated alkanes) is 4. The van der Waals surface area contributed by atoms with Crippen molar-refractivity contribution >= 4 is 35.1 Å². The summed E-state index contributed by atoms with van der Waals surface area (Å²) in [4.78, 5) is 26.2. The number of nitrogens with two attached hydrogens (primary N) is 1. The Balaban J connectivity index is 1.62. The first-order valence-corrected chi connectivity index (χ1v) is 15.6. The van der Waals surface area contributed by atoms with Gasteiger partial charge in [0.15, 0.2) is 0 Å². The topological polar surface area (TPSA) is 87.9 Å². The number of fused-ring (bicyclic) bond motifs is 1. The molecule has 2 N–H and O–H groups in total. The van der Waals surface area contributed by atoms with Crippen LogP contribution in [0, 0.1) is 23.7 Å². The number of ether oxygens (including phenoxy) is 3. The molecule has 1 aromatic carbocycles. The molecule has 3 rings (SSSR count). The minimum Gasteiger partial charge on any atom is -0.464 e. The molecule has 2 aliphatic rings. The lowest BCUT2D eigenvalue weighted by molar-refractivity contribution is -0.163. The molecule has 0 spiro atoms. The summed E-state index contributed by atoms with van der Waals surface area (Å²) in [5.74, 6) is -2.25. The maximum atomic E-state index is 16.1. The Morgan fingerprint density at radius 3 is 2.05 bits per heavy atom. The average molecular weight is 603 g/mol. The number of hydrogen-bond donors (Lipinski definition) is 1. The third-order valence-corrected chi connectivity index (χ3v) is 8.96. The van der Waals surface area contributed by atoms with Gasteiger partial charge in [-0.25, -0.2) is 14.0 Å². The van der Waals surface area contributed by atoms with Gasteiger partial charge in [0.25, 0.3) is 0 Å². The van der Waals surface area contributed by atoms with Crippen molar-refractivity contribution in [3.05, 3.63) is 33.8 Å². The second kappa shape index (κ2) is 14.7. The summed E-state index contributed by atoms with van der Waals surface area (Å²) in [6, 6.07) is 5.09. The zero-order valence-corrected chi connectivity index (χ0v) is 25.9. The average Bonchev–Trinajstić information content (AvgIpc) is 3.37. The molecule has 0 bridgehead atoms. The monoisotopic (exact) mass is 601 g/mol. The molecule has 6 nitrogen and oxygen atoms in total. The molecule has 5 atom stereocenters. The van der Waals surface area contributed by atoms with Gasteiger partial charge in [0, 0.05) is 11.8 Å². The maximum absolute atomic E-state index is 16.1. The van der Waals surface area contributed by atoms with Gasteiger partial charge in [0.2, 0.25) is 5.67 Å². The number of halogens is 3. The molecule has 2 fully saturated rings. The van der Waals surface area contributed by atoms with E-state index in [1.807, 2.05) is 0 Å².